The number of aliphatic imine (C=N–C) groups is 1. The number of carbonyl (C=O) groups excluding carboxylic acids is 1. The predicted molar refractivity (Wildman–Crippen MR) is 68.7 cm³/mol. The van der Waals surface area contributed by atoms with Crippen molar-refractivity contribution in [3.63, 3.8) is 0 Å². The molecule has 1 aromatic carbocycles. The highest BCUT2D eigenvalue weighted by Gasteiger charge is 2.21. The number of cyclic esters (lactones) is 1. The van der Waals surface area contributed by atoms with Gasteiger partial charge in [-0.05, 0) is 18.6 Å². The van der Waals surface area contributed by atoms with Crippen molar-refractivity contribution in [3.8, 4) is 0 Å². The Morgan fingerprint density at radius 1 is 1.28 bits per heavy atom. The van der Waals surface area contributed by atoms with Crippen LogP contribution in [-0.2, 0) is 14.3 Å². The van der Waals surface area contributed by atoms with Crippen LogP contribution in [0.15, 0.2) is 53.4 Å². The first-order valence-electron chi connectivity index (χ1n) is 5.65. The van der Waals surface area contributed by atoms with Crippen molar-refractivity contribution in [1.82, 2.24) is 0 Å². The standard InChI is InChI=1S/C14H13NO3/c1-2-17-10-12-14(16)18-13(15-12)9-8-11-6-4-3-5-7-11/h3-10H,2H2,1H3/b9-8+,12-10+. The first-order valence-corrected chi connectivity index (χ1v) is 5.65. The van der Waals surface area contributed by atoms with Crippen LogP contribution in [0.25, 0.3) is 6.08 Å². The number of nitrogens with zero attached hydrogens (tertiary/aromatic N) is 1. The molecule has 1 heterocycles. The molecule has 4 heteroatoms. The molecule has 0 N–H and O–H groups in total. The van der Waals surface area contributed by atoms with Crippen LogP contribution >= 0.6 is 0 Å². The van der Waals surface area contributed by atoms with E-state index in [-0.39, 0.29) is 11.6 Å². The Bertz CT molecular complexity index is 515. The van der Waals surface area contributed by atoms with Gasteiger partial charge in [0.1, 0.15) is 6.26 Å². The van der Waals surface area contributed by atoms with Crippen LogP contribution in [0.5, 0.6) is 0 Å². The van der Waals surface area contributed by atoms with Gasteiger partial charge in [-0.2, -0.15) is 0 Å². The summed E-state index contributed by atoms with van der Waals surface area (Å²) in [5, 5.41) is 0. The van der Waals surface area contributed by atoms with Crippen LogP contribution < -0.4 is 0 Å². The van der Waals surface area contributed by atoms with Gasteiger partial charge >= 0.3 is 5.97 Å². The van der Waals surface area contributed by atoms with E-state index in [0.29, 0.717) is 6.61 Å². The van der Waals surface area contributed by atoms with Gasteiger partial charge in [0.25, 0.3) is 0 Å². The van der Waals surface area contributed by atoms with Crippen molar-refractivity contribution < 1.29 is 14.3 Å². The fourth-order valence-electron chi connectivity index (χ4n) is 1.37. The van der Waals surface area contributed by atoms with Gasteiger partial charge in [-0.1, -0.05) is 30.3 Å². The second-order valence-corrected chi connectivity index (χ2v) is 3.54. The average Bonchev–Trinajstić information content (AvgIpc) is 2.76. The lowest BCUT2D eigenvalue weighted by Crippen LogP contribution is -2.01. The lowest BCUT2D eigenvalue weighted by Gasteiger charge is -1.93. The number of carbonyl (C=O) groups is 1. The minimum absolute atomic E-state index is 0.185. The average molecular weight is 243 g/mol. The second-order valence-electron chi connectivity index (χ2n) is 3.54. The quantitative estimate of drug-likeness (QED) is 0.464. The maximum Gasteiger partial charge on any atom is 0.367 e. The topological polar surface area (TPSA) is 47.9 Å². The number of hydrogen-bond donors (Lipinski definition) is 0. The molecular formula is C14H13NO3. The summed E-state index contributed by atoms with van der Waals surface area (Å²) in [4.78, 5) is 15.4. The van der Waals surface area contributed by atoms with Crippen LogP contribution in [0.1, 0.15) is 12.5 Å². The summed E-state index contributed by atoms with van der Waals surface area (Å²) in [5.74, 6) is -0.217. The van der Waals surface area contributed by atoms with E-state index < -0.39 is 5.97 Å². The van der Waals surface area contributed by atoms with Crippen molar-refractivity contribution in [3.05, 3.63) is 53.9 Å². The molecule has 0 aromatic heterocycles. The van der Waals surface area contributed by atoms with E-state index in [0.717, 1.165) is 5.56 Å². The highest BCUT2D eigenvalue weighted by atomic mass is 16.6. The van der Waals surface area contributed by atoms with Crippen LogP contribution in [0, 0.1) is 0 Å². The third kappa shape index (κ3) is 3.07. The number of benzene rings is 1. The van der Waals surface area contributed by atoms with Crippen LogP contribution in [0.2, 0.25) is 0 Å². The van der Waals surface area contributed by atoms with Crippen LogP contribution in [0.4, 0.5) is 0 Å². The van der Waals surface area contributed by atoms with E-state index in [1.54, 1.807) is 6.08 Å². The number of esters is 1. The van der Waals surface area contributed by atoms with Gasteiger partial charge in [0.05, 0.1) is 6.61 Å². The molecule has 0 saturated heterocycles. The molecule has 1 aromatic rings. The third-order valence-corrected chi connectivity index (χ3v) is 2.22. The summed E-state index contributed by atoms with van der Waals surface area (Å²) in [6, 6.07) is 9.70. The molecule has 0 atom stereocenters. The number of hydrogen-bond acceptors (Lipinski definition) is 4. The molecule has 0 saturated carbocycles. The summed E-state index contributed by atoms with van der Waals surface area (Å²) in [7, 11) is 0. The molecule has 0 radical (unpaired) electrons. The van der Waals surface area contributed by atoms with Crippen molar-refractivity contribution in [2.75, 3.05) is 6.61 Å². The maximum atomic E-state index is 11.4. The first kappa shape index (κ1) is 12.1. The zero-order chi connectivity index (χ0) is 12.8. The zero-order valence-electron chi connectivity index (χ0n) is 10.00. The number of rotatable bonds is 4. The van der Waals surface area contributed by atoms with Gasteiger partial charge in [-0.25, -0.2) is 9.79 Å². The second kappa shape index (κ2) is 5.82. The molecular weight excluding hydrogens is 230 g/mol. The Balaban J connectivity index is 2.07. The van der Waals surface area contributed by atoms with Crippen LogP contribution in [0.3, 0.4) is 0 Å². The summed E-state index contributed by atoms with van der Waals surface area (Å²) < 4.78 is 9.97. The Morgan fingerprint density at radius 2 is 2.06 bits per heavy atom. The van der Waals surface area contributed by atoms with E-state index in [1.807, 2.05) is 43.3 Å². The Kier molecular flexibility index (Phi) is 3.91. The molecule has 92 valence electrons. The van der Waals surface area contributed by atoms with Crippen LogP contribution in [-0.4, -0.2) is 18.5 Å². The largest absolute Gasteiger partial charge is 0.499 e. The SMILES string of the molecule is CCO/C=C1N=C(/C=C/c2ccccc2)OC/1=O. The molecule has 0 aliphatic carbocycles. The summed E-state index contributed by atoms with van der Waals surface area (Å²) in [5.41, 5.74) is 1.20. The Labute approximate surface area is 105 Å². The minimum Gasteiger partial charge on any atom is -0.499 e. The lowest BCUT2D eigenvalue weighted by atomic mass is 10.2. The Hall–Kier alpha value is -2.36. The highest BCUT2D eigenvalue weighted by Crippen LogP contribution is 2.12. The van der Waals surface area contributed by atoms with Crippen molar-refractivity contribution in [1.29, 1.82) is 0 Å². The molecule has 0 amide bonds. The molecule has 18 heavy (non-hydrogen) atoms. The fourth-order valence-corrected chi connectivity index (χ4v) is 1.37. The molecule has 0 bridgehead atoms. The highest BCUT2D eigenvalue weighted by molar-refractivity contribution is 6.09. The van der Waals surface area contributed by atoms with E-state index >= 15 is 0 Å². The minimum atomic E-state index is -0.490. The first-order chi connectivity index (χ1) is 8.79. The summed E-state index contributed by atoms with van der Waals surface area (Å²) in [6.45, 7) is 2.32. The van der Waals surface area contributed by atoms with Crippen molar-refractivity contribution in [2.24, 2.45) is 4.99 Å². The van der Waals surface area contributed by atoms with Crippen molar-refractivity contribution in [2.45, 2.75) is 6.92 Å². The van der Waals surface area contributed by atoms with Gasteiger partial charge in [0, 0.05) is 6.08 Å². The van der Waals surface area contributed by atoms with E-state index in [2.05, 4.69) is 4.99 Å². The predicted octanol–water partition coefficient (Wildman–Crippen LogP) is 2.53. The van der Waals surface area contributed by atoms with E-state index in [1.165, 1.54) is 6.26 Å². The molecule has 2 rings (SSSR count). The normalized spacial score (nSPS) is 17.1. The molecule has 1 aliphatic heterocycles. The van der Waals surface area contributed by atoms with E-state index in [4.69, 9.17) is 9.47 Å². The zero-order valence-corrected chi connectivity index (χ0v) is 10.00. The van der Waals surface area contributed by atoms with Gasteiger partial charge < -0.3 is 9.47 Å². The lowest BCUT2D eigenvalue weighted by molar-refractivity contribution is -0.130. The van der Waals surface area contributed by atoms with Gasteiger partial charge in [-0.15, -0.1) is 0 Å². The smallest absolute Gasteiger partial charge is 0.367 e. The van der Waals surface area contributed by atoms with Gasteiger partial charge in [0.2, 0.25) is 5.90 Å². The number of ether oxygens (including phenoxy) is 2. The molecule has 4 nitrogen and oxygen atoms in total. The maximum absolute atomic E-state index is 11.4. The molecule has 0 unspecified atom stereocenters. The van der Waals surface area contributed by atoms with Crippen molar-refractivity contribution >= 4 is 17.9 Å². The van der Waals surface area contributed by atoms with Gasteiger partial charge in [0.15, 0.2) is 5.70 Å². The third-order valence-electron chi connectivity index (χ3n) is 2.22. The molecule has 1 aliphatic rings. The summed E-state index contributed by atoms with van der Waals surface area (Å²) >= 11 is 0. The van der Waals surface area contributed by atoms with E-state index in [9.17, 15) is 4.79 Å². The van der Waals surface area contributed by atoms with Gasteiger partial charge in [-0.3, -0.25) is 0 Å². The summed E-state index contributed by atoms with van der Waals surface area (Å²) in [6.07, 6.45) is 4.79. The fraction of sp³-hybridized carbons (Fsp3) is 0.143. The monoisotopic (exact) mass is 243 g/mol. The molecule has 0 fully saturated rings. The molecule has 0 spiro atoms. The Morgan fingerprint density at radius 3 is 2.78 bits per heavy atom.